The molecule has 0 atom stereocenters. The number of likely N-dealkylation sites (tertiary alicyclic amines) is 1. The van der Waals surface area contributed by atoms with Crippen LogP contribution in [0, 0.1) is 11.3 Å². The van der Waals surface area contributed by atoms with Crippen molar-refractivity contribution < 1.29 is 9.59 Å². The molecule has 0 unspecified atom stereocenters. The maximum atomic E-state index is 12.9. The maximum Gasteiger partial charge on any atom is 0.230 e. The molecule has 0 saturated carbocycles. The Hall–Kier alpha value is -1.10. The summed E-state index contributed by atoms with van der Waals surface area (Å²) < 4.78 is 0. The molecule has 1 aliphatic rings. The lowest BCUT2D eigenvalue weighted by atomic mass is 9.77. The Morgan fingerprint density at radius 3 is 2.10 bits per heavy atom. The van der Waals surface area contributed by atoms with Gasteiger partial charge in [0.1, 0.15) is 0 Å². The fourth-order valence-corrected chi connectivity index (χ4v) is 3.47. The van der Waals surface area contributed by atoms with Gasteiger partial charge >= 0.3 is 0 Å². The molecule has 2 amide bonds. The average molecular weight is 297 g/mol. The Balaban J connectivity index is 2.71. The number of carbonyl (C=O) groups excluding carboxylic acids is 2. The lowest BCUT2D eigenvalue weighted by molar-refractivity contribution is -0.145. The lowest BCUT2D eigenvalue weighted by Gasteiger charge is -2.39. The van der Waals surface area contributed by atoms with E-state index in [1.807, 2.05) is 4.90 Å². The van der Waals surface area contributed by atoms with Gasteiger partial charge in [-0.2, -0.15) is 0 Å². The zero-order valence-electron chi connectivity index (χ0n) is 13.8. The van der Waals surface area contributed by atoms with Crippen molar-refractivity contribution in [1.82, 2.24) is 10.2 Å². The number of hydrogen-bond acceptors (Lipinski definition) is 3. The molecule has 1 aliphatic heterocycles. The number of nitrogens with one attached hydrogen (secondary N) is 1. The predicted molar refractivity (Wildman–Crippen MR) is 84.7 cm³/mol. The molecule has 0 aromatic rings. The molecule has 21 heavy (non-hydrogen) atoms. The minimum absolute atomic E-state index is 0.0451. The zero-order valence-corrected chi connectivity index (χ0v) is 13.8. The van der Waals surface area contributed by atoms with Crippen LogP contribution in [0.3, 0.4) is 0 Å². The van der Waals surface area contributed by atoms with Crippen molar-refractivity contribution in [2.75, 3.05) is 26.7 Å². The van der Waals surface area contributed by atoms with E-state index in [0.717, 1.165) is 38.5 Å². The number of nitrogens with zero attached hydrogens (tertiary/aromatic N) is 1. The summed E-state index contributed by atoms with van der Waals surface area (Å²) in [5.41, 5.74) is 5.57. The Morgan fingerprint density at radius 1 is 1.19 bits per heavy atom. The zero-order chi connectivity index (χ0) is 15.9. The largest absolute Gasteiger partial charge is 0.359 e. The van der Waals surface area contributed by atoms with Crippen molar-refractivity contribution >= 4 is 11.8 Å². The third-order valence-corrected chi connectivity index (χ3v) is 4.70. The van der Waals surface area contributed by atoms with Crippen LogP contribution in [-0.4, -0.2) is 43.4 Å². The van der Waals surface area contributed by atoms with Crippen molar-refractivity contribution in [3.8, 4) is 0 Å². The van der Waals surface area contributed by atoms with E-state index in [1.54, 1.807) is 7.05 Å². The van der Waals surface area contributed by atoms with Crippen LogP contribution in [0.5, 0.6) is 0 Å². The van der Waals surface area contributed by atoms with Crippen LogP contribution in [0.25, 0.3) is 0 Å². The van der Waals surface area contributed by atoms with E-state index in [9.17, 15) is 9.59 Å². The first-order chi connectivity index (χ1) is 10.0. The molecule has 3 N–H and O–H groups in total. The van der Waals surface area contributed by atoms with Crippen LogP contribution in [0.15, 0.2) is 0 Å². The van der Waals surface area contributed by atoms with Gasteiger partial charge < -0.3 is 16.0 Å². The summed E-state index contributed by atoms with van der Waals surface area (Å²) in [5.74, 6) is 0.335. The van der Waals surface area contributed by atoms with Crippen LogP contribution in [0.2, 0.25) is 0 Å². The summed E-state index contributed by atoms with van der Waals surface area (Å²) in [4.78, 5) is 26.5. The molecule has 1 rings (SSSR count). The van der Waals surface area contributed by atoms with Gasteiger partial charge in [0.2, 0.25) is 11.8 Å². The summed E-state index contributed by atoms with van der Waals surface area (Å²) in [7, 11) is 1.67. The standard InChI is InChI=1S/C16H31N3O2/c1-4-8-16(12-17,9-5-2)15(21)19-10-6-13(7-11-19)14(20)18-3/h13H,4-12,17H2,1-3H3,(H,18,20). The minimum Gasteiger partial charge on any atom is -0.359 e. The van der Waals surface area contributed by atoms with Crippen molar-refractivity contribution in [2.45, 2.75) is 52.4 Å². The molecule has 122 valence electrons. The monoisotopic (exact) mass is 297 g/mol. The molecular formula is C16H31N3O2. The first-order valence-electron chi connectivity index (χ1n) is 8.25. The first kappa shape index (κ1) is 18.0. The summed E-state index contributed by atoms with van der Waals surface area (Å²) in [6.45, 7) is 5.97. The highest BCUT2D eigenvalue weighted by Gasteiger charge is 2.39. The van der Waals surface area contributed by atoms with E-state index in [-0.39, 0.29) is 17.7 Å². The maximum absolute atomic E-state index is 12.9. The van der Waals surface area contributed by atoms with Gasteiger partial charge in [0, 0.05) is 32.6 Å². The van der Waals surface area contributed by atoms with Gasteiger partial charge in [-0.3, -0.25) is 9.59 Å². The minimum atomic E-state index is -0.399. The molecular weight excluding hydrogens is 266 g/mol. The Bertz CT molecular complexity index is 343. The Morgan fingerprint density at radius 2 is 1.71 bits per heavy atom. The summed E-state index contributed by atoms with van der Waals surface area (Å²) in [6, 6.07) is 0. The number of rotatable bonds is 7. The highest BCUT2D eigenvalue weighted by molar-refractivity contribution is 5.84. The van der Waals surface area contributed by atoms with Crippen molar-refractivity contribution in [3.05, 3.63) is 0 Å². The number of hydrogen-bond donors (Lipinski definition) is 2. The first-order valence-corrected chi connectivity index (χ1v) is 8.25. The van der Waals surface area contributed by atoms with Gasteiger partial charge in [0.05, 0.1) is 5.41 Å². The summed E-state index contributed by atoms with van der Waals surface area (Å²) >= 11 is 0. The van der Waals surface area contributed by atoms with Gasteiger partial charge in [0.15, 0.2) is 0 Å². The van der Waals surface area contributed by atoms with Gasteiger partial charge in [-0.25, -0.2) is 0 Å². The molecule has 0 spiro atoms. The van der Waals surface area contributed by atoms with E-state index in [4.69, 9.17) is 5.73 Å². The molecule has 0 aromatic heterocycles. The smallest absolute Gasteiger partial charge is 0.230 e. The van der Waals surface area contributed by atoms with E-state index in [1.165, 1.54) is 0 Å². The molecule has 1 heterocycles. The van der Waals surface area contributed by atoms with E-state index in [2.05, 4.69) is 19.2 Å². The van der Waals surface area contributed by atoms with Crippen LogP contribution in [-0.2, 0) is 9.59 Å². The highest BCUT2D eigenvalue weighted by atomic mass is 16.2. The number of amides is 2. The van der Waals surface area contributed by atoms with Gasteiger partial charge in [-0.05, 0) is 25.7 Å². The molecule has 0 aliphatic carbocycles. The Kier molecular flexibility index (Phi) is 7.15. The molecule has 0 bridgehead atoms. The number of carbonyl (C=O) groups is 2. The highest BCUT2D eigenvalue weighted by Crippen LogP contribution is 2.33. The van der Waals surface area contributed by atoms with Crippen LogP contribution in [0.1, 0.15) is 52.4 Å². The summed E-state index contributed by atoms with van der Waals surface area (Å²) in [5, 5.41) is 2.70. The average Bonchev–Trinajstić information content (AvgIpc) is 2.53. The van der Waals surface area contributed by atoms with Gasteiger partial charge in [0.25, 0.3) is 0 Å². The third kappa shape index (κ3) is 4.19. The van der Waals surface area contributed by atoms with Crippen molar-refractivity contribution in [2.24, 2.45) is 17.1 Å². The van der Waals surface area contributed by atoms with Crippen LogP contribution < -0.4 is 11.1 Å². The van der Waals surface area contributed by atoms with E-state index < -0.39 is 5.41 Å². The molecule has 0 radical (unpaired) electrons. The fourth-order valence-electron chi connectivity index (χ4n) is 3.47. The predicted octanol–water partition coefficient (Wildman–Crippen LogP) is 1.52. The topological polar surface area (TPSA) is 75.4 Å². The number of nitrogens with two attached hydrogens (primary N) is 1. The third-order valence-electron chi connectivity index (χ3n) is 4.70. The second-order valence-corrected chi connectivity index (χ2v) is 6.17. The van der Waals surface area contributed by atoms with Crippen molar-refractivity contribution in [1.29, 1.82) is 0 Å². The molecule has 5 heteroatoms. The van der Waals surface area contributed by atoms with Gasteiger partial charge in [-0.15, -0.1) is 0 Å². The lowest BCUT2D eigenvalue weighted by Crippen LogP contribution is -2.51. The molecule has 1 saturated heterocycles. The Labute approximate surface area is 128 Å². The number of piperidine rings is 1. The quantitative estimate of drug-likeness (QED) is 0.748. The second-order valence-electron chi connectivity index (χ2n) is 6.17. The van der Waals surface area contributed by atoms with Crippen LogP contribution in [0.4, 0.5) is 0 Å². The van der Waals surface area contributed by atoms with Crippen molar-refractivity contribution in [3.63, 3.8) is 0 Å². The molecule has 1 fully saturated rings. The molecule has 0 aromatic carbocycles. The SMILES string of the molecule is CCCC(CN)(CCC)C(=O)N1CCC(C(=O)NC)CC1. The fraction of sp³-hybridized carbons (Fsp3) is 0.875. The summed E-state index contributed by atoms with van der Waals surface area (Å²) in [6.07, 6.45) is 5.15. The van der Waals surface area contributed by atoms with E-state index >= 15 is 0 Å². The normalized spacial score (nSPS) is 16.9. The second kappa shape index (κ2) is 8.37. The van der Waals surface area contributed by atoms with E-state index in [0.29, 0.717) is 19.6 Å². The molecule has 5 nitrogen and oxygen atoms in total. The van der Waals surface area contributed by atoms with Crippen LogP contribution >= 0.6 is 0 Å². The van der Waals surface area contributed by atoms with Gasteiger partial charge in [-0.1, -0.05) is 26.7 Å².